The van der Waals surface area contributed by atoms with Crippen molar-refractivity contribution in [2.75, 3.05) is 0 Å². The summed E-state index contributed by atoms with van der Waals surface area (Å²) in [6.07, 6.45) is -5.10. The van der Waals surface area contributed by atoms with Gasteiger partial charge in [-0.15, -0.1) is 0 Å². The van der Waals surface area contributed by atoms with Gasteiger partial charge in [-0.1, -0.05) is 6.07 Å². The van der Waals surface area contributed by atoms with Gasteiger partial charge in [0.05, 0.1) is 9.89 Å². The molecule has 1 amide bonds. The first-order chi connectivity index (χ1) is 8.96. The fraction of sp³-hybridized carbons (Fsp3) is 0.333. The molecule has 1 aromatic rings. The fourth-order valence-corrected chi connectivity index (χ4v) is 1.60. The molecule has 0 fully saturated rings. The second kappa shape index (κ2) is 5.43. The number of rotatable bonds is 3. The molecule has 4 nitrogen and oxygen atoms in total. The minimum absolute atomic E-state index is 0.152. The van der Waals surface area contributed by atoms with E-state index in [1.54, 1.807) is 0 Å². The van der Waals surface area contributed by atoms with Crippen LogP contribution in [0.1, 0.15) is 19.4 Å². The summed E-state index contributed by atoms with van der Waals surface area (Å²) in [6.45, 7) is 3.02. The van der Waals surface area contributed by atoms with Gasteiger partial charge in [0.1, 0.15) is 5.75 Å². The van der Waals surface area contributed by atoms with Crippen molar-refractivity contribution in [1.82, 2.24) is 0 Å². The van der Waals surface area contributed by atoms with Gasteiger partial charge in [-0.25, -0.2) is 4.79 Å². The van der Waals surface area contributed by atoms with Crippen molar-refractivity contribution in [2.24, 2.45) is 5.73 Å². The van der Waals surface area contributed by atoms with E-state index < -0.39 is 23.5 Å². The average Bonchev–Trinajstić information content (AvgIpc) is 2.30. The molecular formula is C12H11BrF3NO3. The molecule has 0 atom stereocenters. The minimum Gasteiger partial charge on any atom is -0.419 e. The first-order valence-electron chi connectivity index (χ1n) is 5.35. The lowest BCUT2D eigenvalue weighted by Crippen LogP contribution is -2.35. The van der Waals surface area contributed by atoms with Crippen molar-refractivity contribution in [3.05, 3.63) is 28.2 Å². The first-order valence-corrected chi connectivity index (χ1v) is 6.14. The number of alkyl halides is 3. The number of ether oxygens (including phenoxy) is 1. The second-order valence-corrected chi connectivity index (χ2v) is 5.38. The molecular weight excluding hydrogens is 343 g/mol. The van der Waals surface area contributed by atoms with E-state index in [1.165, 1.54) is 32.0 Å². The lowest BCUT2D eigenvalue weighted by atomic mass is 9.84. The Morgan fingerprint density at radius 2 is 1.80 bits per heavy atom. The molecule has 0 heterocycles. The number of halogens is 4. The number of carbonyl (C=O) groups is 2. The Balaban J connectivity index is 3.17. The highest BCUT2D eigenvalue weighted by atomic mass is 79.9. The van der Waals surface area contributed by atoms with Crippen molar-refractivity contribution in [3.63, 3.8) is 0 Å². The summed E-state index contributed by atoms with van der Waals surface area (Å²) in [7, 11) is 0. The van der Waals surface area contributed by atoms with Crippen LogP contribution in [0.25, 0.3) is 0 Å². The fourth-order valence-electron chi connectivity index (χ4n) is 1.27. The SMILES string of the molecule is CC(C)(C(N)=O)c1ccc(Br)c(OC(=O)C(F)(F)F)c1. The Labute approximate surface area is 121 Å². The first kappa shape index (κ1) is 16.5. The maximum atomic E-state index is 12.2. The summed E-state index contributed by atoms with van der Waals surface area (Å²) in [5, 5.41) is 0. The Kier molecular flexibility index (Phi) is 4.48. The van der Waals surface area contributed by atoms with Crippen LogP contribution in [0.4, 0.5) is 13.2 Å². The third kappa shape index (κ3) is 3.50. The number of primary amides is 1. The zero-order valence-corrected chi connectivity index (χ0v) is 12.1. The average molecular weight is 354 g/mol. The molecule has 1 aromatic carbocycles. The van der Waals surface area contributed by atoms with E-state index in [9.17, 15) is 22.8 Å². The number of hydrogen-bond donors (Lipinski definition) is 1. The quantitative estimate of drug-likeness (QED) is 0.670. The molecule has 0 aromatic heterocycles. The van der Waals surface area contributed by atoms with Crippen molar-refractivity contribution < 1.29 is 27.5 Å². The third-order valence-electron chi connectivity index (χ3n) is 2.70. The summed E-state index contributed by atoms with van der Waals surface area (Å²) in [4.78, 5) is 22.1. The van der Waals surface area contributed by atoms with Gasteiger partial charge in [-0.2, -0.15) is 13.2 Å². The zero-order chi connectivity index (χ0) is 15.7. The van der Waals surface area contributed by atoms with Crippen molar-refractivity contribution in [1.29, 1.82) is 0 Å². The van der Waals surface area contributed by atoms with Crippen molar-refractivity contribution >= 4 is 27.8 Å². The molecule has 0 unspecified atom stereocenters. The molecule has 0 saturated heterocycles. The Morgan fingerprint density at radius 1 is 1.25 bits per heavy atom. The predicted octanol–water partition coefficient (Wildman–Crippen LogP) is 2.68. The lowest BCUT2D eigenvalue weighted by molar-refractivity contribution is -0.189. The van der Waals surface area contributed by atoms with Crippen LogP contribution >= 0.6 is 15.9 Å². The summed E-state index contributed by atoms with van der Waals surface area (Å²) >= 11 is 2.97. The van der Waals surface area contributed by atoms with E-state index >= 15 is 0 Å². The maximum absolute atomic E-state index is 12.2. The number of nitrogens with two attached hydrogens (primary N) is 1. The summed E-state index contributed by atoms with van der Waals surface area (Å²) in [5.41, 5.74) is 4.44. The lowest BCUT2D eigenvalue weighted by Gasteiger charge is -2.22. The number of carbonyl (C=O) groups excluding carboxylic acids is 2. The number of amides is 1. The molecule has 0 radical (unpaired) electrons. The monoisotopic (exact) mass is 353 g/mol. The molecule has 0 aliphatic carbocycles. The Morgan fingerprint density at radius 3 is 2.25 bits per heavy atom. The van der Waals surface area contributed by atoms with Gasteiger partial charge in [0.25, 0.3) is 0 Å². The third-order valence-corrected chi connectivity index (χ3v) is 3.36. The highest BCUT2D eigenvalue weighted by molar-refractivity contribution is 9.10. The number of esters is 1. The van der Waals surface area contributed by atoms with Gasteiger partial charge in [0, 0.05) is 0 Å². The summed E-state index contributed by atoms with van der Waals surface area (Å²) < 4.78 is 40.9. The maximum Gasteiger partial charge on any atom is 0.491 e. The van der Waals surface area contributed by atoms with Crippen LogP contribution in [0, 0.1) is 0 Å². The minimum atomic E-state index is -5.10. The van der Waals surface area contributed by atoms with Gasteiger partial charge in [0.15, 0.2) is 0 Å². The largest absolute Gasteiger partial charge is 0.491 e. The van der Waals surface area contributed by atoms with Crippen LogP contribution < -0.4 is 10.5 Å². The van der Waals surface area contributed by atoms with Crippen LogP contribution in [0.3, 0.4) is 0 Å². The topological polar surface area (TPSA) is 69.4 Å². The van der Waals surface area contributed by atoms with Crippen LogP contribution in [-0.2, 0) is 15.0 Å². The Hall–Kier alpha value is -1.57. The van der Waals surface area contributed by atoms with Gasteiger partial charge < -0.3 is 10.5 Å². The van der Waals surface area contributed by atoms with Crippen LogP contribution in [0.15, 0.2) is 22.7 Å². The smallest absolute Gasteiger partial charge is 0.419 e. The zero-order valence-electron chi connectivity index (χ0n) is 10.5. The van der Waals surface area contributed by atoms with Crippen molar-refractivity contribution in [3.8, 4) is 5.75 Å². The number of hydrogen-bond acceptors (Lipinski definition) is 3. The van der Waals surface area contributed by atoms with E-state index in [2.05, 4.69) is 20.7 Å². The summed E-state index contributed by atoms with van der Waals surface area (Å²) in [5.74, 6) is -3.33. The molecule has 8 heteroatoms. The van der Waals surface area contributed by atoms with Crippen LogP contribution in [-0.4, -0.2) is 18.1 Å². The van der Waals surface area contributed by atoms with E-state index in [-0.39, 0.29) is 10.2 Å². The predicted molar refractivity (Wildman–Crippen MR) is 68.1 cm³/mol. The standard InChI is InChI=1S/C12H11BrF3NO3/c1-11(2,9(17)18)6-3-4-7(13)8(5-6)20-10(19)12(14,15)16/h3-5H,1-2H3,(H2,17,18). The van der Waals surface area contributed by atoms with E-state index in [0.29, 0.717) is 5.56 Å². The number of benzene rings is 1. The van der Waals surface area contributed by atoms with E-state index in [4.69, 9.17) is 5.73 Å². The molecule has 0 spiro atoms. The second-order valence-electron chi connectivity index (χ2n) is 4.52. The Bertz CT molecular complexity index is 555. The molecule has 2 N–H and O–H groups in total. The molecule has 110 valence electrons. The highest BCUT2D eigenvalue weighted by Gasteiger charge is 2.41. The molecule has 1 rings (SSSR count). The van der Waals surface area contributed by atoms with E-state index in [0.717, 1.165) is 0 Å². The van der Waals surface area contributed by atoms with E-state index in [1.807, 2.05) is 0 Å². The molecule has 0 aliphatic rings. The van der Waals surface area contributed by atoms with Gasteiger partial charge in [0.2, 0.25) is 5.91 Å². The highest BCUT2D eigenvalue weighted by Crippen LogP contribution is 2.33. The van der Waals surface area contributed by atoms with Crippen molar-refractivity contribution in [2.45, 2.75) is 25.4 Å². The molecule has 0 saturated carbocycles. The molecule has 20 heavy (non-hydrogen) atoms. The summed E-state index contributed by atoms with van der Waals surface area (Å²) in [6, 6.07) is 4.04. The molecule has 0 aliphatic heterocycles. The van der Waals surface area contributed by atoms with Gasteiger partial charge >= 0.3 is 12.1 Å². The normalized spacial score (nSPS) is 12.1. The van der Waals surface area contributed by atoms with Crippen LogP contribution in [0.5, 0.6) is 5.75 Å². The van der Waals surface area contributed by atoms with Gasteiger partial charge in [-0.3, -0.25) is 4.79 Å². The van der Waals surface area contributed by atoms with Gasteiger partial charge in [-0.05, 0) is 47.5 Å². The van der Waals surface area contributed by atoms with Crippen LogP contribution in [0.2, 0.25) is 0 Å². The molecule has 0 bridgehead atoms.